The molecule has 0 spiro atoms. The van der Waals surface area contributed by atoms with Crippen LogP contribution in [0.2, 0.25) is 0 Å². The normalized spacial score (nSPS) is 12.3. The van der Waals surface area contributed by atoms with E-state index < -0.39 is 0 Å². The highest BCUT2D eigenvalue weighted by atomic mass is 79.9. The van der Waals surface area contributed by atoms with Gasteiger partial charge in [-0.2, -0.15) is 0 Å². The van der Waals surface area contributed by atoms with Gasteiger partial charge in [0.05, 0.1) is 18.0 Å². The van der Waals surface area contributed by atoms with Gasteiger partial charge in [-0.05, 0) is 55.2 Å². The Morgan fingerprint density at radius 2 is 1.96 bits per heavy atom. The third-order valence-corrected chi connectivity index (χ3v) is 4.99. The zero-order chi connectivity index (χ0) is 19.4. The number of carbonyl (C=O) groups excluding carboxylic acids is 2. The van der Waals surface area contributed by atoms with E-state index in [1.807, 2.05) is 43.3 Å². The van der Waals surface area contributed by atoms with Gasteiger partial charge >= 0.3 is 0 Å². The molecule has 1 heterocycles. The number of nitrogens with one attached hydrogen (secondary N) is 1. The molecule has 5 nitrogen and oxygen atoms in total. The lowest BCUT2D eigenvalue weighted by molar-refractivity contribution is -0.125. The van der Waals surface area contributed by atoms with Crippen LogP contribution < -0.4 is 15.0 Å². The Hall–Kier alpha value is -2.34. The molecule has 0 radical (unpaired) electrons. The maximum atomic E-state index is 12.9. The molecule has 0 aromatic heterocycles. The average molecular weight is 431 g/mol. The van der Waals surface area contributed by atoms with Crippen LogP contribution in [0.1, 0.15) is 31.4 Å². The molecule has 1 N–H and O–H groups in total. The number of ether oxygens (including phenoxy) is 1. The van der Waals surface area contributed by atoms with Crippen molar-refractivity contribution in [2.45, 2.75) is 33.1 Å². The Morgan fingerprint density at radius 3 is 2.63 bits per heavy atom. The molecule has 3 rings (SSSR count). The van der Waals surface area contributed by atoms with Gasteiger partial charge in [0.1, 0.15) is 5.75 Å². The minimum atomic E-state index is -0.277. The number of anilines is 2. The van der Waals surface area contributed by atoms with E-state index in [4.69, 9.17) is 4.74 Å². The van der Waals surface area contributed by atoms with Crippen LogP contribution >= 0.6 is 15.9 Å². The number of imide groups is 1. The molecule has 1 aliphatic rings. The van der Waals surface area contributed by atoms with E-state index in [0.717, 1.165) is 40.0 Å². The minimum absolute atomic E-state index is 0.203. The molecule has 2 amide bonds. The van der Waals surface area contributed by atoms with Gasteiger partial charge in [0.15, 0.2) is 0 Å². The lowest BCUT2D eigenvalue weighted by Gasteiger charge is -2.22. The highest BCUT2D eigenvalue weighted by Crippen LogP contribution is 2.37. The third-order valence-electron chi connectivity index (χ3n) is 4.53. The van der Waals surface area contributed by atoms with Crippen molar-refractivity contribution >= 4 is 39.1 Å². The van der Waals surface area contributed by atoms with Gasteiger partial charge < -0.3 is 10.1 Å². The van der Waals surface area contributed by atoms with Crippen molar-refractivity contribution in [1.29, 1.82) is 0 Å². The molecule has 0 bridgehead atoms. The van der Waals surface area contributed by atoms with Gasteiger partial charge in [0.25, 0.3) is 0 Å². The van der Waals surface area contributed by atoms with Crippen LogP contribution in [0.25, 0.3) is 0 Å². The summed E-state index contributed by atoms with van der Waals surface area (Å²) in [7, 11) is 0. The van der Waals surface area contributed by atoms with Crippen LogP contribution in [-0.2, 0) is 22.4 Å². The predicted molar refractivity (Wildman–Crippen MR) is 110 cm³/mol. The first-order chi connectivity index (χ1) is 13.0. The van der Waals surface area contributed by atoms with Gasteiger partial charge in [-0.25, -0.2) is 4.90 Å². The zero-order valence-electron chi connectivity index (χ0n) is 15.5. The fourth-order valence-corrected chi connectivity index (χ4v) is 3.80. The van der Waals surface area contributed by atoms with E-state index in [1.54, 1.807) is 0 Å². The van der Waals surface area contributed by atoms with Crippen molar-refractivity contribution in [3.05, 3.63) is 52.0 Å². The first kappa shape index (κ1) is 19.4. The van der Waals surface area contributed by atoms with Crippen LogP contribution in [0.15, 0.2) is 40.9 Å². The fourth-order valence-electron chi connectivity index (χ4n) is 3.31. The van der Waals surface area contributed by atoms with Crippen molar-refractivity contribution in [3.63, 3.8) is 0 Å². The fraction of sp³-hybridized carbons (Fsp3) is 0.333. The Bertz CT molecular complexity index is 849. The van der Waals surface area contributed by atoms with Crippen molar-refractivity contribution in [2.75, 3.05) is 23.4 Å². The van der Waals surface area contributed by atoms with Crippen LogP contribution in [0.4, 0.5) is 11.4 Å². The zero-order valence-corrected chi connectivity index (χ0v) is 17.1. The number of hydrogen-bond donors (Lipinski definition) is 1. The lowest BCUT2D eigenvalue weighted by Crippen LogP contribution is -2.35. The summed E-state index contributed by atoms with van der Waals surface area (Å²) < 4.78 is 6.30. The van der Waals surface area contributed by atoms with E-state index in [9.17, 15) is 9.59 Å². The second-order valence-corrected chi connectivity index (χ2v) is 7.38. The van der Waals surface area contributed by atoms with Gasteiger partial charge in [-0.1, -0.05) is 28.1 Å². The summed E-state index contributed by atoms with van der Waals surface area (Å²) in [4.78, 5) is 26.4. The van der Waals surface area contributed by atoms with Crippen LogP contribution in [0.5, 0.6) is 5.75 Å². The van der Waals surface area contributed by atoms with Crippen molar-refractivity contribution in [2.24, 2.45) is 0 Å². The predicted octanol–water partition coefficient (Wildman–Crippen LogP) is 4.33. The summed E-state index contributed by atoms with van der Waals surface area (Å²) in [5.74, 6) is 0.333. The van der Waals surface area contributed by atoms with Crippen LogP contribution in [0.3, 0.4) is 0 Å². The van der Waals surface area contributed by atoms with Gasteiger partial charge in [0.2, 0.25) is 11.8 Å². The molecule has 6 heteroatoms. The third kappa shape index (κ3) is 4.50. The molecular formula is C21H23BrN2O3. The highest BCUT2D eigenvalue weighted by molar-refractivity contribution is 9.10. The molecule has 0 saturated carbocycles. The molecule has 0 atom stereocenters. The monoisotopic (exact) mass is 430 g/mol. The SMILES string of the molecule is CCOc1ccc(CCC(=O)N(C(C)=O)c2cc(Br)cc3c2NCC3)cc1. The van der Waals surface area contributed by atoms with E-state index in [0.29, 0.717) is 18.7 Å². The summed E-state index contributed by atoms with van der Waals surface area (Å²) in [6, 6.07) is 11.6. The van der Waals surface area contributed by atoms with E-state index in [1.165, 1.54) is 11.8 Å². The lowest BCUT2D eigenvalue weighted by atomic mass is 10.1. The summed E-state index contributed by atoms with van der Waals surface area (Å²) in [5, 5.41) is 3.30. The van der Waals surface area contributed by atoms with Gasteiger partial charge in [0, 0.05) is 24.4 Å². The molecular weight excluding hydrogens is 408 g/mol. The van der Waals surface area contributed by atoms with Gasteiger partial charge in [-0.15, -0.1) is 0 Å². The van der Waals surface area contributed by atoms with Crippen molar-refractivity contribution in [1.82, 2.24) is 0 Å². The largest absolute Gasteiger partial charge is 0.494 e. The molecule has 142 valence electrons. The number of fused-ring (bicyclic) bond motifs is 1. The first-order valence-corrected chi connectivity index (χ1v) is 9.90. The topological polar surface area (TPSA) is 58.6 Å². The maximum Gasteiger partial charge on any atom is 0.234 e. The van der Waals surface area contributed by atoms with E-state index in [-0.39, 0.29) is 18.2 Å². The summed E-state index contributed by atoms with van der Waals surface area (Å²) in [6.07, 6.45) is 1.71. The number of benzene rings is 2. The maximum absolute atomic E-state index is 12.9. The molecule has 2 aromatic rings. The van der Waals surface area contributed by atoms with Crippen molar-refractivity contribution in [3.8, 4) is 5.75 Å². The molecule has 0 aliphatic carbocycles. The van der Waals surface area contributed by atoms with Crippen molar-refractivity contribution < 1.29 is 14.3 Å². The van der Waals surface area contributed by atoms with Crippen LogP contribution in [0, 0.1) is 0 Å². The minimum Gasteiger partial charge on any atom is -0.494 e. The first-order valence-electron chi connectivity index (χ1n) is 9.11. The standard InChI is InChI=1S/C21H23BrN2O3/c1-3-27-18-7-4-15(5-8-18)6-9-20(26)24(14(2)25)19-13-17(22)12-16-10-11-23-21(16)19/h4-5,7-8,12-13,23H,3,6,9-11H2,1-2H3. The smallest absolute Gasteiger partial charge is 0.234 e. The molecule has 27 heavy (non-hydrogen) atoms. The summed E-state index contributed by atoms with van der Waals surface area (Å²) in [5.41, 5.74) is 3.65. The Kier molecular flexibility index (Phi) is 6.16. The molecule has 1 aliphatic heterocycles. The summed E-state index contributed by atoms with van der Waals surface area (Å²) in [6.45, 7) is 4.80. The Labute approximate surface area is 167 Å². The molecule has 2 aromatic carbocycles. The Morgan fingerprint density at radius 1 is 1.22 bits per heavy atom. The second kappa shape index (κ2) is 8.57. The summed E-state index contributed by atoms with van der Waals surface area (Å²) >= 11 is 3.49. The van der Waals surface area contributed by atoms with E-state index >= 15 is 0 Å². The number of aryl methyl sites for hydroxylation is 1. The van der Waals surface area contributed by atoms with E-state index in [2.05, 4.69) is 21.2 Å². The van der Waals surface area contributed by atoms with Crippen LogP contribution in [-0.4, -0.2) is 25.0 Å². The van der Waals surface area contributed by atoms with Gasteiger partial charge in [-0.3, -0.25) is 9.59 Å². The Balaban J connectivity index is 1.76. The quantitative estimate of drug-likeness (QED) is 0.740. The number of amides is 2. The number of carbonyl (C=O) groups is 2. The average Bonchev–Trinajstić information content (AvgIpc) is 3.09. The molecule has 0 saturated heterocycles. The number of nitrogens with zero attached hydrogens (tertiary/aromatic N) is 1. The number of halogens is 1. The highest BCUT2D eigenvalue weighted by Gasteiger charge is 2.26. The number of hydrogen-bond acceptors (Lipinski definition) is 4. The molecule has 0 fully saturated rings. The molecule has 0 unspecified atom stereocenters. The second-order valence-electron chi connectivity index (χ2n) is 6.46. The number of rotatable bonds is 6.